The molecule has 0 unspecified atom stereocenters. The standard InChI is InChI=1S/C13H24O3/c1-10(2)7-6-8-11(14)9-12(15)16-13(3,4)5/h10H,6-9H2,1-5H3. The van der Waals surface area contributed by atoms with Crippen LogP contribution in [0, 0.1) is 5.92 Å². The topological polar surface area (TPSA) is 43.4 Å². The average Bonchev–Trinajstić information content (AvgIpc) is 1.98. The number of ketones is 1. The zero-order valence-electron chi connectivity index (χ0n) is 11.1. The molecule has 3 heteroatoms. The highest BCUT2D eigenvalue weighted by Gasteiger charge is 2.18. The SMILES string of the molecule is CC(C)CCCC(=O)CC(=O)OC(C)(C)C. The summed E-state index contributed by atoms with van der Waals surface area (Å²) in [5.41, 5.74) is -0.505. The van der Waals surface area contributed by atoms with Crippen LogP contribution in [0.5, 0.6) is 0 Å². The Hall–Kier alpha value is -0.860. The lowest BCUT2D eigenvalue weighted by Crippen LogP contribution is -2.25. The molecule has 0 atom stereocenters. The van der Waals surface area contributed by atoms with Gasteiger partial charge in [0, 0.05) is 6.42 Å². The molecule has 0 bridgehead atoms. The Morgan fingerprint density at radius 3 is 2.19 bits per heavy atom. The van der Waals surface area contributed by atoms with Crippen molar-refractivity contribution in [2.45, 2.75) is 65.9 Å². The Morgan fingerprint density at radius 2 is 1.75 bits per heavy atom. The van der Waals surface area contributed by atoms with Crippen LogP contribution in [0.1, 0.15) is 60.3 Å². The van der Waals surface area contributed by atoms with Gasteiger partial charge in [-0.05, 0) is 33.1 Å². The maximum atomic E-state index is 11.4. The third-order valence-electron chi connectivity index (χ3n) is 2.00. The fourth-order valence-electron chi connectivity index (χ4n) is 1.33. The molecule has 0 aromatic carbocycles. The van der Waals surface area contributed by atoms with Gasteiger partial charge in [0.2, 0.25) is 0 Å². The van der Waals surface area contributed by atoms with Crippen molar-refractivity contribution in [1.29, 1.82) is 0 Å². The molecule has 0 N–H and O–H groups in total. The number of carbonyl (C=O) groups is 2. The molecular formula is C13H24O3. The molecule has 0 saturated carbocycles. The quantitative estimate of drug-likeness (QED) is 0.518. The summed E-state index contributed by atoms with van der Waals surface area (Å²) in [6.45, 7) is 9.65. The average molecular weight is 228 g/mol. The maximum absolute atomic E-state index is 11.4. The van der Waals surface area contributed by atoms with Crippen LogP contribution in [0.25, 0.3) is 0 Å². The van der Waals surface area contributed by atoms with Gasteiger partial charge in [-0.1, -0.05) is 20.3 Å². The number of esters is 1. The number of ether oxygens (including phenoxy) is 1. The molecule has 0 heterocycles. The fraction of sp³-hybridized carbons (Fsp3) is 0.846. The van der Waals surface area contributed by atoms with E-state index in [1.165, 1.54) is 0 Å². The first-order chi connectivity index (χ1) is 7.20. The van der Waals surface area contributed by atoms with E-state index in [1.54, 1.807) is 20.8 Å². The first kappa shape index (κ1) is 15.1. The molecule has 0 fully saturated rings. The van der Waals surface area contributed by atoms with Crippen LogP contribution in [0.15, 0.2) is 0 Å². The number of Topliss-reactive ketones (excluding diaryl/α,β-unsaturated/α-hetero) is 1. The van der Waals surface area contributed by atoms with Crippen LogP contribution in [-0.2, 0) is 14.3 Å². The van der Waals surface area contributed by atoms with Crippen LogP contribution in [0.3, 0.4) is 0 Å². The van der Waals surface area contributed by atoms with E-state index < -0.39 is 11.6 Å². The van der Waals surface area contributed by atoms with Crippen molar-refractivity contribution in [2.24, 2.45) is 5.92 Å². The zero-order valence-corrected chi connectivity index (χ0v) is 11.1. The smallest absolute Gasteiger partial charge is 0.313 e. The molecule has 0 aliphatic heterocycles. The van der Waals surface area contributed by atoms with Crippen molar-refractivity contribution in [1.82, 2.24) is 0 Å². The van der Waals surface area contributed by atoms with Gasteiger partial charge in [0.05, 0.1) is 0 Å². The minimum Gasteiger partial charge on any atom is -0.460 e. The summed E-state index contributed by atoms with van der Waals surface area (Å²) in [6, 6.07) is 0. The molecule has 0 aromatic rings. The Kier molecular flexibility index (Phi) is 6.31. The second kappa shape index (κ2) is 6.66. The maximum Gasteiger partial charge on any atom is 0.313 e. The molecular weight excluding hydrogens is 204 g/mol. The number of carbonyl (C=O) groups excluding carboxylic acids is 2. The molecule has 0 spiro atoms. The van der Waals surface area contributed by atoms with Gasteiger partial charge in [-0.2, -0.15) is 0 Å². The van der Waals surface area contributed by atoms with E-state index in [1.807, 2.05) is 0 Å². The van der Waals surface area contributed by atoms with Gasteiger partial charge in [-0.3, -0.25) is 9.59 Å². The van der Waals surface area contributed by atoms with Crippen LogP contribution < -0.4 is 0 Å². The minimum atomic E-state index is -0.505. The second-order valence-electron chi connectivity index (χ2n) is 5.59. The van der Waals surface area contributed by atoms with Crippen molar-refractivity contribution < 1.29 is 14.3 Å². The van der Waals surface area contributed by atoms with E-state index in [0.29, 0.717) is 12.3 Å². The van der Waals surface area contributed by atoms with Crippen LogP contribution in [0.4, 0.5) is 0 Å². The predicted octanol–water partition coefficient (Wildman–Crippen LogP) is 3.11. The van der Waals surface area contributed by atoms with Crippen LogP contribution >= 0.6 is 0 Å². The van der Waals surface area contributed by atoms with Gasteiger partial charge >= 0.3 is 5.97 Å². The lowest BCUT2D eigenvalue weighted by molar-refractivity contribution is -0.156. The largest absolute Gasteiger partial charge is 0.460 e. The number of hydrogen-bond donors (Lipinski definition) is 0. The van der Waals surface area contributed by atoms with Crippen molar-refractivity contribution >= 4 is 11.8 Å². The number of rotatable bonds is 6. The number of hydrogen-bond acceptors (Lipinski definition) is 3. The molecule has 94 valence electrons. The lowest BCUT2D eigenvalue weighted by Gasteiger charge is -2.19. The molecule has 0 aliphatic carbocycles. The van der Waals surface area contributed by atoms with Crippen molar-refractivity contribution in [2.75, 3.05) is 0 Å². The van der Waals surface area contributed by atoms with Gasteiger partial charge in [-0.15, -0.1) is 0 Å². The monoisotopic (exact) mass is 228 g/mol. The van der Waals surface area contributed by atoms with E-state index in [-0.39, 0.29) is 12.2 Å². The molecule has 0 rings (SSSR count). The predicted molar refractivity (Wildman–Crippen MR) is 64.2 cm³/mol. The van der Waals surface area contributed by atoms with E-state index in [0.717, 1.165) is 12.8 Å². The van der Waals surface area contributed by atoms with Crippen LogP contribution in [-0.4, -0.2) is 17.4 Å². The van der Waals surface area contributed by atoms with E-state index in [4.69, 9.17) is 4.74 Å². The highest BCUT2D eigenvalue weighted by atomic mass is 16.6. The normalized spacial score (nSPS) is 11.6. The Labute approximate surface area is 98.6 Å². The van der Waals surface area contributed by atoms with Gasteiger partial charge < -0.3 is 4.74 Å². The molecule has 0 amide bonds. The highest BCUT2D eigenvalue weighted by molar-refractivity contribution is 5.95. The summed E-state index contributed by atoms with van der Waals surface area (Å²) in [7, 11) is 0. The Morgan fingerprint density at radius 1 is 1.19 bits per heavy atom. The first-order valence-corrected chi connectivity index (χ1v) is 5.94. The molecule has 3 nitrogen and oxygen atoms in total. The summed E-state index contributed by atoms with van der Waals surface area (Å²) < 4.78 is 5.08. The van der Waals surface area contributed by atoms with E-state index in [9.17, 15) is 9.59 Å². The molecule has 0 radical (unpaired) electrons. The van der Waals surface area contributed by atoms with Gasteiger partial charge in [0.15, 0.2) is 0 Å². The first-order valence-electron chi connectivity index (χ1n) is 5.94. The molecule has 0 aromatic heterocycles. The van der Waals surface area contributed by atoms with Crippen molar-refractivity contribution in [3.8, 4) is 0 Å². The molecule has 16 heavy (non-hydrogen) atoms. The zero-order chi connectivity index (χ0) is 12.8. The van der Waals surface area contributed by atoms with Crippen LogP contribution in [0.2, 0.25) is 0 Å². The van der Waals surface area contributed by atoms with Gasteiger partial charge in [0.25, 0.3) is 0 Å². The minimum absolute atomic E-state index is 0.0186. The van der Waals surface area contributed by atoms with Gasteiger partial charge in [-0.25, -0.2) is 0 Å². The van der Waals surface area contributed by atoms with Crippen molar-refractivity contribution in [3.63, 3.8) is 0 Å². The lowest BCUT2D eigenvalue weighted by atomic mass is 10.0. The third kappa shape index (κ3) is 9.69. The Balaban J connectivity index is 3.75. The summed E-state index contributed by atoms with van der Waals surface area (Å²) >= 11 is 0. The van der Waals surface area contributed by atoms with E-state index >= 15 is 0 Å². The molecule has 0 aliphatic rings. The summed E-state index contributed by atoms with van der Waals surface area (Å²) in [5, 5.41) is 0. The van der Waals surface area contributed by atoms with E-state index in [2.05, 4.69) is 13.8 Å². The molecule has 0 saturated heterocycles. The Bertz CT molecular complexity index is 236. The fourth-order valence-corrected chi connectivity index (χ4v) is 1.33. The van der Waals surface area contributed by atoms with Gasteiger partial charge in [0.1, 0.15) is 17.8 Å². The van der Waals surface area contributed by atoms with Crippen molar-refractivity contribution in [3.05, 3.63) is 0 Å². The summed E-state index contributed by atoms with van der Waals surface area (Å²) in [4.78, 5) is 22.7. The summed E-state index contributed by atoms with van der Waals surface area (Å²) in [5.74, 6) is 0.172. The second-order valence-corrected chi connectivity index (χ2v) is 5.59. The summed E-state index contributed by atoms with van der Waals surface area (Å²) in [6.07, 6.45) is 2.28. The highest BCUT2D eigenvalue weighted by Crippen LogP contribution is 2.11. The third-order valence-corrected chi connectivity index (χ3v) is 2.00.